The maximum absolute atomic E-state index is 11.8. The van der Waals surface area contributed by atoms with Crippen molar-refractivity contribution in [3.8, 4) is 0 Å². The first-order valence-corrected chi connectivity index (χ1v) is 5.25. The molecule has 0 atom stereocenters. The molecule has 81 valence electrons. The van der Waals surface area contributed by atoms with Crippen LogP contribution in [-0.2, 0) is 11.3 Å². The Morgan fingerprint density at radius 2 is 2.07 bits per heavy atom. The van der Waals surface area contributed by atoms with Gasteiger partial charge in [0.1, 0.15) is 6.54 Å². The fourth-order valence-corrected chi connectivity index (χ4v) is 1.73. The fraction of sp³-hybridized carbons (Fsp3) is 0.545. The van der Waals surface area contributed by atoms with Gasteiger partial charge in [-0.25, -0.2) is 0 Å². The minimum atomic E-state index is 0.190. The second-order valence-corrected chi connectivity index (χ2v) is 3.95. The van der Waals surface area contributed by atoms with Gasteiger partial charge in [-0.2, -0.15) is 0 Å². The molecular formula is C11H16N3O. The molecule has 1 aromatic rings. The van der Waals surface area contributed by atoms with Gasteiger partial charge in [-0.1, -0.05) is 0 Å². The molecular weight excluding hydrogens is 190 g/mol. The van der Waals surface area contributed by atoms with Gasteiger partial charge < -0.3 is 14.4 Å². The number of likely N-dealkylation sites (N-methyl/N-ethyl adjacent to an activating group) is 1. The van der Waals surface area contributed by atoms with Gasteiger partial charge in [0.25, 0.3) is 0 Å². The van der Waals surface area contributed by atoms with E-state index in [9.17, 15) is 4.79 Å². The van der Waals surface area contributed by atoms with Crippen LogP contribution >= 0.6 is 0 Å². The minimum absolute atomic E-state index is 0.190. The maximum Gasteiger partial charge on any atom is 0.242 e. The molecule has 4 heteroatoms. The van der Waals surface area contributed by atoms with Gasteiger partial charge in [0, 0.05) is 32.4 Å². The van der Waals surface area contributed by atoms with Crippen molar-refractivity contribution in [3.63, 3.8) is 0 Å². The van der Waals surface area contributed by atoms with Crippen LogP contribution in [0.4, 0.5) is 0 Å². The quantitative estimate of drug-likeness (QED) is 0.684. The van der Waals surface area contributed by atoms with Crippen molar-refractivity contribution in [1.29, 1.82) is 0 Å². The average Bonchev–Trinajstić information content (AvgIpc) is 2.71. The molecule has 1 saturated heterocycles. The predicted molar refractivity (Wildman–Crippen MR) is 57.3 cm³/mol. The maximum atomic E-state index is 11.8. The van der Waals surface area contributed by atoms with Crippen LogP contribution < -0.4 is 0 Å². The van der Waals surface area contributed by atoms with Crippen LogP contribution in [0.15, 0.2) is 18.3 Å². The monoisotopic (exact) mass is 206 g/mol. The lowest BCUT2D eigenvalue weighted by Gasteiger charge is -2.32. The Balaban J connectivity index is 1.86. The Morgan fingerprint density at radius 3 is 2.67 bits per heavy atom. The third-order valence-corrected chi connectivity index (χ3v) is 2.76. The van der Waals surface area contributed by atoms with Gasteiger partial charge in [0.15, 0.2) is 0 Å². The van der Waals surface area contributed by atoms with E-state index in [2.05, 4.69) is 18.1 Å². The zero-order chi connectivity index (χ0) is 10.7. The molecule has 15 heavy (non-hydrogen) atoms. The van der Waals surface area contributed by atoms with Gasteiger partial charge in [-0.05, 0) is 19.2 Å². The highest BCUT2D eigenvalue weighted by molar-refractivity contribution is 5.76. The number of piperazine rings is 1. The van der Waals surface area contributed by atoms with Gasteiger partial charge in [-0.3, -0.25) is 4.79 Å². The van der Waals surface area contributed by atoms with Crippen LogP contribution in [0.5, 0.6) is 0 Å². The van der Waals surface area contributed by atoms with Crippen molar-refractivity contribution < 1.29 is 4.79 Å². The lowest BCUT2D eigenvalue weighted by Crippen LogP contribution is -2.48. The fourth-order valence-electron chi connectivity index (χ4n) is 1.73. The van der Waals surface area contributed by atoms with E-state index in [0.717, 1.165) is 26.2 Å². The number of carbonyl (C=O) groups is 1. The molecule has 0 unspecified atom stereocenters. The van der Waals surface area contributed by atoms with Crippen molar-refractivity contribution in [2.75, 3.05) is 33.2 Å². The van der Waals surface area contributed by atoms with E-state index in [0.29, 0.717) is 6.54 Å². The molecule has 1 fully saturated rings. The summed E-state index contributed by atoms with van der Waals surface area (Å²) in [6.07, 6.45) is 4.84. The normalized spacial score (nSPS) is 18.1. The Hall–Kier alpha value is -1.29. The Bertz CT molecular complexity index is 313. The Morgan fingerprint density at radius 1 is 1.33 bits per heavy atom. The van der Waals surface area contributed by atoms with Gasteiger partial charge >= 0.3 is 0 Å². The molecule has 4 nitrogen and oxygen atoms in total. The van der Waals surface area contributed by atoms with Crippen molar-refractivity contribution >= 4 is 5.91 Å². The highest BCUT2D eigenvalue weighted by atomic mass is 16.2. The Labute approximate surface area is 90.1 Å². The van der Waals surface area contributed by atoms with Crippen LogP contribution in [0.2, 0.25) is 0 Å². The number of rotatable bonds is 2. The molecule has 0 bridgehead atoms. The van der Waals surface area contributed by atoms with E-state index in [1.165, 1.54) is 0 Å². The molecule has 1 aliphatic heterocycles. The molecule has 0 saturated carbocycles. The van der Waals surface area contributed by atoms with Crippen molar-refractivity contribution in [3.05, 3.63) is 24.5 Å². The van der Waals surface area contributed by atoms with Crippen LogP contribution in [0.3, 0.4) is 0 Å². The standard InChI is InChI=1S/C11H16N3O/c1-12-6-8-14(9-7-12)11(15)10-13-4-2-3-5-13/h2-4H,6-10H2,1H3. The van der Waals surface area contributed by atoms with Crippen molar-refractivity contribution in [1.82, 2.24) is 14.4 Å². The summed E-state index contributed by atoms with van der Waals surface area (Å²) in [5.74, 6) is 0.190. The SMILES string of the molecule is CN1CCN(C(=O)Cn2[c]ccc2)CC1. The predicted octanol–water partition coefficient (Wildman–Crippen LogP) is 0.0623. The van der Waals surface area contributed by atoms with Crippen molar-refractivity contribution in [2.24, 2.45) is 0 Å². The lowest BCUT2D eigenvalue weighted by atomic mass is 10.3. The first kappa shape index (κ1) is 10.2. The second-order valence-electron chi connectivity index (χ2n) is 3.95. The van der Waals surface area contributed by atoms with E-state index in [1.807, 2.05) is 23.2 Å². The van der Waals surface area contributed by atoms with E-state index >= 15 is 0 Å². The van der Waals surface area contributed by atoms with Gasteiger partial charge in [0.2, 0.25) is 5.91 Å². The summed E-state index contributed by atoms with van der Waals surface area (Å²) < 4.78 is 1.79. The highest BCUT2D eigenvalue weighted by Gasteiger charge is 2.18. The van der Waals surface area contributed by atoms with Crippen LogP contribution in [0.25, 0.3) is 0 Å². The zero-order valence-electron chi connectivity index (χ0n) is 9.02. The molecule has 1 aliphatic rings. The zero-order valence-corrected chi connectivity index (χ0v) is 9.02. The lowest BCUT2D eigenvalue weighted by molar-refractivity contribution is -0.133. The molecule has 1 amide bonds. The number of hydrogen-bond acceptors (Lipinski definition) is 2. The summed E-state index contributed by atoms with van der Waals surface area (Å²) >= 11 is 0. The van der Waals surface area contributed by atoms with Crippen LogP contribution in [0, 0.1) is 6.20 Å². The van der Waals surface area contributed by atoms with Gasteiger partial charge in [-0.15, -0.1) is 0 Å². The number of aromatic nitrogens is 1. The third-order valence-electron chi connectivity index (χ3n) is 2.76. The number of hydrogen-bond donors (Lipinski definition) is 0. The molecule has 0 N–H and O–H groups in total. The summed E-state index contributed by atoms with van der Waals surface area (Å²) in [5, 5.41) is 0. The van der Waals surface area contributed by atoms with E-state index in [-0.39, 0.29) is 5.91 Å². The molecule has 0 spiro atoms. The van der Waals surface area contributed by atoms with Crippen LogP contribution in [-0.4, -0.2) is 53.5 Å². The van der Waals surface area contributed by atoms with Crippen LogP contribution in [0.1, 0.15) is 0 Å². The first-order chi connectivity index (χ1) is 7.25. The molecule has 0 aliphatic carbocycles. The first-order valence-electron chi connectivity index (χ1n) is 5.25. The average molecular weight is 206 g/mol. The largest absolute Gasteiger partial charge is 0.339 e. The summed E-state index contributed by atoms with van der Waals surface area (Å²) in [7, 11) is 2.08. The highest BCUT2D eigenvalue weighted by Crippen LogP contribution is 2.01. The Kier molecular flexibility index (Phi) is 3.06. The molecule has 1 aromatic heterocycles. The van der Waals surface area contributed by atoms with E-state index in [4.69, 9.17) is 0 Å². The summed E-state index contributed by atoms with van der Waals surface area (Å²) in [4.78, 5) is 16.0. The van der Waals surface area contributed by atoms with E-state index < -0.39 is 0 Å². The van der Waals surface area contributed by atoms with E-state index in [1.54, 1.807) is 4.57 Å². The number of carbonyl (C=O) groups excluding carboxylic acids is 1. The molecule has 0 aromatic carbocycles. The summed E-state index contributed by atoms with van der Waals surface area (Å²) in [5.41, 5.74) is 0. The second kappa shape index (κ2) is 4.49. The summed E-state index contributed by atoms with van der Waals surface area (Å²) in [6.45, 7) is 4.05. The van der Waals surface area contributed by atoms with Gasteiger partial charge in [0.05, 0.1) is 6.20 Å². The summed E-state index contributed by atoms with van der Waals surface area (Å²) in [6, 6.07) is 3.70. The minimum Gasteiger partial charge on any atom is -0.339 e. The molecule has 2 rings (SSSR count). The number of amides is 1. The smallest absolute Gasteiger partial charge is 0.242 e. The number of nitrogens with zero attached hydrogens (tertiary/aromatic N) is 3. The van der Waals surface area contributed by atoms with Crippen molar-refractivity contribution in [2.45, 2.75) is 6.54 Å². The third kappa shape index (κ3) is 2.59. The molecule has 1 radical (unpaired) electrons. The molecule has 2 heterocycles. The topological polar surface area (TPSA) is 28.5 Å².